The quantitative estimate of drug-likeness (QED) is 0.537. The highest BCUT2D eigenvalue weighted by Crippen LogP contribution is 2.21. The molecule has 0 saturated carbocycles. The fourth-order valence-electron chi connectivity index (χ4n) is 2.37. The van der Waals surface area contributed by atoms with E-state index < -0.39 is 0 Å². The molecule has 0 radical (unpaired) electrons. The molecule has 1 aromatic rings. The van der Waals surface area contributed by atoms with E-state index in [2.05, 4.69) is 16.2 Å². The molecular formula is C16H25N4O3+. The lowest BCUT2D eigenvalue weighted by molar-refractivity contribution is -0.862. The van der Waals surface area contributed by atoms with Crippen LogP contribution in [0, 0.1) is 20.8 Å². The largest absolute Gasteiger partial charge is 0.322 e. The van der Waals surface area contributed by atoms with E-state index in [0.29, 0.717) is 4.90 Å². The molecule has 0 aliphatic heterocycles. The Morgan fingerprint density at radius 3 is 2.00 bits per heavy atom. The van der Waals surface area contributed by atoms with Crippen LogP contribution in [0.2, 0.25) is 0 Å². The van der Waals surface area contributed by atoms with E-state index in [9.17, 15) is 14.4 Å². The van der Waals surface area contributed by atoms with Crippen LogP contribution in [-0.2, 0) is 14.4 Å². The highest BCUT2D eigenvalue weighted by Gasteiger charge is 2.15. The Morgan fingerprint density at radius 1 is 0.957 bits per heavy atom. The highest BCUT2D eigenvalue weighted by atomic mass is 16.2. The molecule has 7 heteroatoms. The molecule has 23 heavy (non-hydrogen) atoms. The maximum atomic E-state index is 12.1. The van der Waals surface area contributed by atoms with Crippen molar-refractivity contribution >= 4 is 23.4 Å². The molecule has 0 aromatic heterocycles. The molecule has 1 atom stereocenters. The standard InChI is InChI=1S/C16H24N4O3/c1-10-6-11(2)16(12(3)7-10)17-14(22)8-20(5)9-15(23)19-18-13(4)21/h6-7H,8-9H2,1-5H3,(H,17,22)(H,18,21)(H,19,23)/p+1. The Balaban J connectivity index is 2.53. The summed E-state index contributed by atoms with van der Waals surface area (Å²) in [4.78, 5) is 35.1. The van der Waals surface area contributed by atoms with E-state index >= 15 is 0 Å². The van der Waals surface area contributed by atoms with Gasteiger partial charge in [-0.05, 0) is 31.9 Å². The summed E-state index contributed by atoms with van der Waals surface area (Å²) in [6.07, 6.45) is 0. The summed E-state index contributed by atoms with van der Waals surface area (Å²) in [5, 5.41) is 2.90. The fourth-order valence-corrected chi connectivity index (χ4v) is 2.37. The van der Waals surface area contributed by atoms with Gasteiger partial charge in [0.1, 0.15) is 0 Å². The van der Waals surface area contributed by atoms with Gasteiger partial charge in [0.15, 0.2) is 13.1 Å². The molecule has 0 aliphatic carbocycles. The van der Waals surface area contributed by atoms with E-state index in [1.54, 1.807) is 7.05 Å². The second kappa shape index (κ2) is 8.28. The first-order chi connectivity index (χ1) is 10.7. The molecule has 0 bridgehead atoms. The third kappa shape index (κ3) is 6.48. The first-order valence-corrected chi connectivity index (χ1v) is 7.43. The van der Waals surface area contributed by atoms with Gasteiger partial charge in [0, 0.05) is 12.6 Å². The summed E-state index contributed by atoms with van der Waals surface area (Å²) in [5.74, 6) is -0.864. The topological polar surface area (TPSA) is 91.7 Å². The second-order valence-corrected chi connectivity index (χ2v) is 5.86. The van der Waals surface area contributed by atoms with Gasteiger partial charge >= 0.3 is 0 Å². The lowest BCUT2D eigenvalue weighted by Crippen LogP contribution is -3.11. The number of carbonyl (C=O) groups excluding carboxylic acids is 3. The number of aryl methyl sites for hydroxylation is 3. The number of anilines is 1. The summed E-state index contributed by atoms with van der Waals surface area (Å²) in [6, 6.07) is 4.03. The number of hydrogen-bond acceptors (Lipinski definition) is 3. The molecule has 0 spiro atoms. The molecule has 7 nitrogen and oxygen atoms in total. The highest BCUT2D eigenvalue weighted by molar-refractivity contribution is 5.93. The summed E-state index contributed by atoms with van der Waals surface area (Å²) in [7, 11) is 1.74. The van der Waals surface area contributed by atoms with Crippen LogP contribution in [0.5, 0.6) is 0 Å². The smallest absolute Gasteiger partial charge is 0.293 e. The van der Waals surface area contributed by atoms with Gasteiger partial charge in [-0.2, -0.15) is 0 Å². The van der Waals surface area contributed by atoms with Gasteiger partial charge in [0.2, 0.25) is 5.91 Å². The van der Waals surface area contributed by atoms with Crippen molar-refractivity contribution in [1.29, 1.82) is 0 Å². The van der Waals surface area contributed by atoms with Gasteiger partial charge < -0.3 is 10.2 Å². The molecule has 1 rings (SSSR count). The van der Waals surface area contributed by atoms with Gasteiger partial charge in [-0.15, -0.1) is 0 Å². The molecule has 3 amide bonds. The number of likely N-dealkylation sites (N-methyl/N-ethyl adjacent to an activating group) is 1. The van der Waals surface area contributed by atoms with Crippen LogP contribution in [0.15, 0.2) is 12.1 Å². The molecule has 0 saturated heterocycles. The summed E-state index contributed by atoms with van der Waals surface area (Å²) in [6.45, 7) is 7.45. The van der Waals surface area contributed by atoms with Gasteiger partial charge in [-0.25, -0.2) is 0 Å². The van der Waals surface area contributed by atoms with Crippen LogP contribution >= 0.6 is 0 Å². The first kappa shape index (κ1) is 18.6. The average molecular weight is 321 g/mol. The SMILES string of the molecule is CC(=O)NNC(=O)C[NH+](C)CC(=O)Nc1c(C)cc(C)cc1C. The van der Waals surface area contributed by atoms with Gasteiger partial charge in [-0.1, -0.05) is 17.7 Å². The van der Waals surface area contributed by atoms with Crippen molar-refractivity contribution in [3.8, 4) is 0 Å². The Hall–Kier alpha value is -2.41. The lowest BCUT2D eigenvalue weighted by Gasteiger charge is -2.16. The zero-order valence-electron chi connectivity index (χ0n) is 14.3. The van der Waals surface area contributed by atoms with Crippen LogP contribution in [0.1, 0.15) is 23.6 Å². The van der Waals surface area contributed by atoms with Crippen molar-refractivity contribution in [2.75, 3.05) is 25.5 Å². The number of benzene rings is 1. The number of carbonyl (C=O) groups is 3. The van der Waals surface area contributed by atoms with Crippen molar-refractivity contribution in [2.45, 2.75) is 27.7 Å². The third-order valence-electron chi connectivity index (χ3n) is 3.24. The normalized spacial score (nSPS) is 11.5. The maximum Gasteiger partial charge on any atom is 0.293 e. The molecule has 0 aliphatic rings. The van der Waals surface area contributed by atoms with E-state index in [0.717, 1.165) is 22.4 Å². The Morgan fingerprint density at radius 2 is 1.48 bits per heavy atom. The monoisotopic (exact) mass is 321 g/mol. The number of hydrazine groups is 1. The number of amides is 3. The van der Waals surface area contributed by atoms with Crippen molar-refractivity contribution in [1.82, 2.24) is 10.9 Å². The molecular weight excluding hydrogens is 296 g/mol. The van der Waals surface area contributed by atoms with Crippen molar-refractivity contribution in [3.63, 3.8) is 0 Å². The predicted octanol–water partition coefficient (Wildman–Crippen LogP) is -0.768. The Kier molecular flexibility index (Phi) is 6.71. The molecule has 4 N–H and O–H groups in total. The Bertz CT molecular complexity index is 590. The van der Waals surface area contributed by atoms with E-state index in [4.69, 9.17) is 0 Å². The minimum atomic E-state index is -0.354. The molecule has 0 heterocycles. The molecule has 126 valence electrons. The van der Waals surface area contributed by atoms with Crippen LogP contribution in [0.4, 0.5) is 5.69 Å². The van der Waals surface area contributed by atoms with Crippen LogP contribution < -0.4 is 21.1 Å². The Labute approximate surface area is 136 Å². The lowest BCUT2D eigenvalue weighted by atomic mass is 10.1. The first-order valence-electron chi connectivity index (χ1n) is 7.43. The molecule has 1 aromatic carbocycles. The van der Waals surface area contributed by atoms with E-state index in [-0.39, 0.29) is 30.8 Å². The third-order valence-corrected chi connectivity index (χ3v) is 3.24. The number of rotatable bonds is 5. The number of nitrogens with one attached hydrogen (secondary N) is 4. The van der Waals surface area contributed by atoms with Crippen molar-refractivity contribution in [3.05, 3.63) is 28.8 Å². The van der Waals surface area contributed by atoms with Crippen LogP contribution in [0.3, 0.4) is 0 Å². The number of quaternary nitrogens is 1. The second-order valence-electron chi connectivity index (χ2n) is 5.86. The van der Waals surface area contributed by atoms with Crippen LogP contribution in [0.25, 0.3) is 0 Å². The van der Waals surface area contributed by atoms with Gasteiger partial charge in [0.25, 0.3) is 11.8 Å². The van der Waals surface area contributed by atoms with Gasteiger partial charge in [0.05, 0.1) is 7.05 Å². The predicted molar refractivity (Wildman–Crippen MR) is 87.9 cm³/mol. The molecule has 1 unspecified atom stereocenters. The molecule has 0 fully saturated rings. The number of hydrogen-bond donors (Lipinski definition) is 4. The minimum Gasteiger partial charge on any atom is -0.322 e. The van der Waals surface area contributed by atoms with Crippen molar-refractivity contribution < 1.29 is 19.3 Å². The average Bonchev–Trinajstić information content (AvgIpc) is 2.40. The van der Waals surface area contributed by atoms with E-state index in [1.165, 1.54) is 6.92 Å². The fraction of sp³-hybridized carbons (Fsp3) is 0.438. The zero-order chi connectivity index (χ0) is 17.6. The summed E-state index contributed by atoms with van der Waals surface area (Å²) in [5.41, 5.74) is 8.47. The summed E-state index contributed by atoms with van der Waals surface area (Å²) < 4.78 is 0. The van der Waals surface area contributed by atoms with Crippen LogP contribution in [-0.4, -0.2) is 37.9 Å². The minimum absolute atomic E-state index is 0.0829. The van der Waals surface area contributed by atoms with Gasteiger partial charge in [-0.3, -0.25) is 25.2 Å². The zero-order valence-corrected chi connectivity index (χ0v) is 14.3. The summed E-state index contributed by atoms with van der Waals surface area (Å²) >= 11 is 0. The van der Waals surface area contributed by atoms with E-state index in [1.807, 2.05) is 32.9 Å². The maximum absolute atomic E-state index is 12.1. The van der Waals surface area contributed by atoms with Crippen molar-refractivity contribution in [2.24, 2.45) is 0 Å².